The highest BCUT2D eigenvalue weighted by Gasteiger charge is 2.32. The summed E-state index contributed by atoms with van der Waals surface area (Å²) >= 11 is 6.06. The minimum Gasteiger partial charge on any atom is -0.378 e. The molecule has 0 saturated heterocycles. The molecule has 0 spiro atoms. The number of hydrogen-bond acceptors (Lipinski definition) is 5. The summed E-state index contributed by atoms with van der Waals surface area (Å²) in [5, 5.41) is 34.9. The summed E-state index contributed by atoms with van der Waals surface area (Å²) in [4.78, 5) is 12.4. The fourth-order valence-corrected chi connectivity index (χ4v) is 2.27. The number of amides is 1. The Balaban J connectivity index is 2.18. The van der Waals surface area contributed by atoms with Crippen LogP contribution in [-0.4, -0.2) is 26.4 Å². The van der Waals surface area contributed by atoms with Gasteiger partial charge in [0.25, 0.3) is 5.91 Å². The highest BCUT2D eigenvalue weighted by Crippen LogP contribution is 2.27. The predicted molar refractivity (Wildman–Crippen MR) is 87.1 cm³/mol. The summed E-state index contributed by atoms with van der Waals surface area (Å²) in [7, 11) is 0. The number of aromatic nitrogens is 2. The first-order chi connectivity index (χ1) is 11.3. The first-order valence-corrected chi connectivity index (χ1v) is 7.32. The van der Waals surface area contributed by atoms with Crippen LogP contribution in [0.5, 0.6) is 0 Å². The maximum Gasteiger partial charge on any atom is 0.257 e. The molecule has 1 amide bonds. The Labute approximate surface area is 143 Å². The molecule has 0 aliphatic carbocycles. The molecule has 0 bridgehead atoms. The van der Waals surface area contributed by atoms with Crippen molar-refractivity contribution in [3.63, 3.8) is 0 Å². The number of nitriles is 2. The van der Waals surface area contributed by atoms with E-state index in [0.29, 0.717) is 22.4 Å². The molecule has 1 aromatic heterocycles. The van der Waals surface area contributed by atoms with Crippen molar-refractivity contribution in [1.29, 1.82) is 10.5 Å². The Morgan fingerprint density at radius 3 is 2.75 bits per heavy atom. The van der Waals surface area contributed by atoms with E-state index in [1.807, 2.05) is 12.1 Å². The number of anilines is 1. The van der Waals surface area contributed by atoms with Crippen LogP contribution in [0.25, 0.3) is 0 Å². The Hall–Kier alpha value is -2.87. The number of halogens is 1. The van der Waals surface area contributed by atoms with Gasteiger partial charge in [0.05, 0.1) is 28.9 Å². The SMILES string of the molecule is Cc1c(NC(=O)[C@@](C)(O)Cn2cc(C#N)cn2)ccc(C#N)c1Cl. The molecule has 2 N–H and O–H groups in total. The van der Waals surface area contributed by atoms with Gasteiger partial charge in [-0.25, -0.2) is 0 Å². The van der Waals surface area contributed by atoms with Crippen molar-refractivity contribution in [3.05, 3.63) is 46.2 Å². The molecule has 1 aromatic carbocycles. The molecular weight excluding hydrogens is 330 g/mol. The Morgan fingerprint density at radius 1 is 1.46 bits per heavy atom. The lowest BCUT2D eigenvalue weighted by Crippen LogP contribution is -2.44. The number of hydrogen-bond donors (Lipinski definition) is 2. The fourth-order valence-electron chi connectivity index (χ4n) is 2.06. The summed E-state index contributed by atoms with van der Waals surface area (Å²) in [5.74, 6) is -0.652. The molecule has 2 aromatic rings. The van der Waals surface area contributed by atoms with Crippen LogP contribution in [-0.2, 0) is 11.3 Å². The van der Waals surface area contributed by atoms with E-state index < -0.39 is 11.5 Å². The minimum absolute atomic E-state index is 0.121. The summed E-state index contributed by atoms with van der Waals surface area (Å²) in [5.41, 5.74) is -0.181. The number of carbonyl (C=O) groups excluding carboxylic acids is 1. The average Bonchev–Trinajstić information content (AvgIpc) is 2.98. The number of nitrogens with one attached hydrogen (secondary N) is 1. The zero-order chi connectivity index (χ0) is 17.9. The molecular formula is C16H14ClN5O2. The highest BCUT2D eigenvalue weighted by molar-refractivity contribution is 6.33. The number of rotatable bonds is 4. The van der Waals surface area contributed by atoms with Crippen molar-refractivity contribution in [2.24, 2.45) is 0 Å². The van der Waals surface area contributed by atoms with Crippen LogP contribution in [0.4, 0.5) is 5.69 Å². The summed E-state index contributed by atoms with van der Waals surface area (Å²) < 4.78 is 1.32. The van der Waals surface area contributed by atoms with Crippen LogP contribution in [0.2, 0.25) is 5.02 Å². The van der Waals surface area contributed by atoms with Gasteiger partial charge in [-0.3, -0.25) is 9.48 Å². The normalized spacial score (nSPS) is 12.8. The van der Waals surface area contributed by atoms with E-state index in [2.05, 4.69) is 10.4 Å². The van der Waals surface area contributed by atoms with Crippen molar-refractivity contribution >= 4 is 23.2 Å². The molecule has 0 radical (unpaired) electrons. The lowest BCUT2D eigenvalue weighted by molar-refractivity contribution is -0.133. The van der Waals surface area contributed by atoms with Crippen molar-refractivity contribution < 1.29 is 9.90 Å². The Kier molecular flexibility index (Phi) is 4.89. The fraction of sp³-hybridized carbons (Fsp3) is 0.250. The molecule has 1 atom stereocenters. The monoisotopic (exact) mass is 343 g/mol. The third kappa shape index (κ3) is 3.54. The van der Waals surface area contributed by atoms with Gasteiger partial charge < -0.3 is 10.4 Å². The van der Waals surface area contributed by atoms with Gasteiger partial charge in [-0.05, 0) is 31.5 Å². The molecule has 0 fully saturated rings. The van der Waals surface area contributed by atoms with E-state index in [1.165, 1.54) is 30.1 Å². The Bertz CT molecular complexity index is 874. The molecule has 122 valence electrons. The van der Waals surface area contributed by atoms with E-state index in [4.69, 9.17) is 22.1 Å². The largest absolute Gasteiger partial charge is 0.378 e. The standard InChI is InChI=1S/C16H14ClN5O2/c1-10-13(4-3-12(6-19)14(10)17)21-15(23)16(2,24)9-22-8-11(5-18)7-20-22/h3-4,7-8,24H,9H2,1-2H3,(H,21,23)/t16-/m0/s1. The summed E-state index contributed by atoms with van der Waals surface area (Å²) in [6, 6.07) is 6.92. The molecule has 0 aliphatic heterocycles. The lowest BCUT2D eigenvalue weighted by atomic mass is 10.0. The van der Waals surface area contributed by atoms with Gasteiger partial charge in [-0.1, -0.05) is 11.6 Å². The van der Waals surface area contributed by atoms with E-state index in [0.717, 1.165) is 0 Å². The highest BCUT2D eigenvalue weighted by atomic mass is 35.5. The van der Waals surface area contributed by atoms with Gasteiger partial charge in [0.2, 0.25) is 0 Å². The zero-order valence-electron chi connectivity index (χ0n) is 13.0. The lowest BCUT2D eigenvalue weighted by Gasteiger charge is -2.23. The molecule has 0 saturated carbocycles. The van der Waals surface area contributed by atoms with Gasteiger partial charge in [0.15, 0.2) is 5.60 Å². The Morgan fingerprint density at radius 2 is 2.17 bits per heavy atom. The number of carbonyl (C=O) groups is 1. The zero-order valence-corrected chi connectivity index (χ0v) is 13.8. The second-order valence-corrected chi connectivity index (χ2v) is 5.86. The maximum absolute atomic E-state index is 12.4. The third-order valence-electron chi connectivity index (χ3n) is 3.48. The molecule has 8 heteroatoms. The second-order valence-electron chi connectivity index (χ2n) is 5.48. The van der Waals surface area contributed by atoms with Gasteiger partial charge >= 0.3 is 0 Å². The van der Waals surface area contributed by atoms with Crippen molar-refractivity contribution in [1.82, 2.24) is 9.78 Å². The molecule has 1 heterocycles. The van der Waals surface area contributed by atoms with E-state index in [9.17, 15) is 9.90 Å². The molecule has 2 rings (SSSR count). The number of aliphatic hydroxyl groups is 1. The maximum atomic E-state index is 12.4. The topological polar surface area (TPSA) is 115 Å². The van der Waals surface area contributed by atoms with Gasteiger partial charge in [0.1, 0.15) is 12.1 Å². The first kappa shape index (κ1) is 17.5. The quantitative estimate of drug-likeness (QED) is 0.880. The number of nitrogens with zero attached hydrogens (tertiary/aromatic N) is 4. The minimum atomic E-state index is -1.76. The summed E-state index contributed by atoms with van der Waals surface area (Å²) in [6.07, 6.45) is 2.78. The van der Waals surface area contributed by atoms with Crippen LogP contribution in [0.15, 0.2) is 24.5 Å². The van der Waals surface area contributed by atoms with E-state index >= 15 is 0 Å². The third-order valence-corrected chi connectivity index (χ3v) is 3.96. The molecule has 0 unspecified atom stereocenters. The smallest absolute Gasteiger partial charge is 0.257 e. The van der Waals surface area contributed by atoms with Crippen LogP contribution >= 0.6 is 11.6 Å². The molecule has 24 heavy (non-hydrogen) atoms. The van der Waals surface area contributed by atoms with Crippen LogP contribution < -0.4 is 5.32 Å². The average molecular weight is 344 g/mol. The van der Waals surface area contributed by atoms with Gasteiger partial charge in [-0.2, -0.15) is 15.6 Å². The molecule has 0 aliphatic rings. The van der Waals surface area contributed by atoms with Crippen molar-refractivity contribution in [2.45, 2.75) is 26.0 Å². The van der Waals surface area contributed by atoms with E-state index in [-0.39, 0.29) is 11.6 Å². The van der Waals surface area contributed by atoms with Crippen molar-refractivity contribution in [3.8, 4) is 12.1 Å². The second kappa shape index (κ2) is 6.71. The van der Waals surface area contributed by atoms with Gasteiger partial charge in [0, 0.05) is 11.9 Å². The first-order valence-electron chi connectivity index (χ1n) is 6.94. The van der Waals surface area contributed by atoms with Crippen LogP contribution in [0.3, 0.4) is 0 Å². The van der Waals surface area contributed by atoms with Gasteiger partial charge in [-0.15, -0.1) is 0 Å². The predicted octanol–water partition coefficient (Wildman–Crippen LogP) is 1.98. The van der Waals surface area contributed by atoms with Crippen molar-refractivity contribution in [2.75, 3.05) is 5.32 Å². The molecule has 7 nitrogen and oxygen atoms in total. The van der Waals surface area contributed by atoms with Crippen LogP contribution in [0, 0.1) is 29.6 Å². The van der Waals surface area contributed by atoms with E-state index in [1.54, 1.807) is 13.0 Å². The van der Waals surface area contributed by atoms with Crippen LogP contribution in [0.1, 0.15) is 23.6 Å². The number of benzene rings is 1. The summed E-state index contributed by atoms with van der Waals surface area (Å²) in [6.45, 7) is 2.89.